The molecule has 0 spiro atoms. The van der Waals surface area contributed by atoms with Crippen LogP contribution in [-0.4, -0.2) is 18.4 Å². The third-order valence-corrected chi connectivity index (χ3v) is 3.83. The number of furan rings is 1. The van der Waals surface area contributed by atoms with Crippen LogP contribution >= 0.6 is 0 Å². The quantitative estimate of drug-likeness (QED) is 0.941. The third-order valence-electron chi connectivity index (χ3n) is 3.83. The first-order chi connectivity index (χ1) is 10.6. The predicted octanol–water partition coefficient (Wildman–Crippen LogP) is 2.26. The second kappa shape index (κ2) is 6.05. The van der Waals surface area contributed by atoms with Gasteiger partial charge in [0.2, 0.25) is 11.8 Å². The van der Waals surface area contributed by atoms with Gasteiger partial charge in [-0.1, -0.05) is 12.1 Å². The number of anilines is 1. The van der Waals surface area contributed by atoms with Crippen molar-refractivity contribution in [3.8, 4) is 0 Å². The number of aryl methyl sites for hydroxylation is 1. The van der Waals surface area contributed by atoms with Gasteiger partial charge >= 0.3 is 0 Å². The fourth-order valence-electron chi connectivity index (χ4n) is 2.66. The van der Waals surface area contributed by atoms with E-state index in [-0.39, 0.29) is 24.2 Å². The Morgan fingerprint density at radius 3 is 2.95 bits per heavy atom. The van der Waals surface area contributed by atoms with Gasteiger partial charge in [-0.05, 0) is 36.8 Å². The molecule has 2 amide bonds. The van der Waals surface area contributed by atoms with E-state index in [9.17, 15) is 9.59 Å². The van der Waals surface area contributed by atoms with Gasteiger partial charge in [-0.3, -0.25) is 9.59 Å². The largest absolute Gasteiger partial charge is 0.467 e. The molecule has 1 aliphatic heterocycles. The van der Waals surface area contributed by atoms with Gasteiger partial charge in [0.25, 0.3) is 0 Å². The summed E-state index contributed by atoms with van der Waals surface area (Å²) in [5.74, 6) is 0.264. The van der Waals surface area contributed by atoms with E-state index in [1.807, 2.05) is 31.2 Å². The molecule has 0 aliphatic carbocycles. The summed E-state index contributed by atoms with van der Waals surface area (Å²) in [5, 5.41) is 2.82. The Morgan fingerprint density at radius 2 is 2.23 bits per heavy atom. The summed E-state index contributed by atoms with van der Waals surface area (Å²) in [7, 11) is 0. The van der Waals surface area contributed by atoms with Crippen LogP contribution in [0, 0.1) is 12.8 Å². The van der Waals surface area contributed by atoms with E-state index in [1.54, 1.807) is 23.3 Å². The van der Waals surface area contributed by atoms with Crippen LogP contribution in [-0.2, 0) is 16.1 Å². The number of benzene rings is 1. The van der Waals surface area contributed by atoms with E-state index < -0.39 is 0 Å². The molecule has 0 unspecified atom stereocenters. The monoisotopic (exact) mass is 298 g/mol. The Hall–Kier alpha value is -2.56. The molecule has 1 saturated heterocycles. The van der Waals surface area contributed by atoms with Gasteiger partial charge in [0.15, 0.2) is 0 Å². The second-order valence-electron chi connectivity index (χ2n) is 5.54. The smallest absolute Gasteiger partial charge is 0.227 e. The minimum absolute atomic E-state index is 0.0104. The number of nitrogens with one attached hydrogen (secondary N) is 1. The lowest BCUT2D eigenvalue weighted by Crippen LogP contribution is -2.32. The molecule has 5 heteroatoms. The van der Waals surface area contributed by atoms with E-state index in [4.69, 9.17) is 4.42 Å². The van der Waals surface area contributed by atoms with E-state index >= 15 is 0 Å². The van der Waals surface area contributed by atoms with Gasteiger partial charge in [-0.15, -0.1) is 0 Å². The molecule has 2 heterocycles. The lowest BCUT2D eigenvalue weighted by atomic mass is 10.1. The average Bonchev–Trinajstić information content (AvgIpc) is 3.14. The van der Waals surface area contributed by atoms with Crippen LogP contribution in [0.2, 0.25) is 0 Å². The van der Waals surface area contributed by atoms with Crippen LogP contribution in [0.3, 0.4) is 0 Å². The van der Waals surface area contributed by atoms with Crippen LogP contribution in [0.25, 0.3) is 0 Å². The van der Waals surface area contributed by atoms with Crippen molar-refractivity contribution in [3.63, 3.8) is 0 Å². The van der Waals surface area contributed by atoms with E-state index in [0.717, 1.165) is 11.3 Å². The summed E-state index contributed by atoms with van der Waals surface area (Å²) in [6.45, 7) is 2.75. The molecule has 2 aromatic rings. The minimum Gasteiger partial charge on any atom is -0.467 e. The number of rotatable bonds is 4. The molecule has 114 valence electrons. The standard InChI is InChI=1S/C17H18N2O3/c1-12-4-2-5-14(8-12)19-11-13(9-16(19)20)17(21)18-10-15-6-3-7-22-15/h2-8,13H,9-11H2,1H3,(H,18,21)/t13-/m0/s1. The van der Waals surface area contributed by atoms with Crippen molar-refractivity contribution >= 4 is 17.5 Å². The van der Waals surface area contributed by atoms with Gasteiger partial charge in [0.05, 0.1) is 18.7 Å². The highest BCUT2D eigenvalue weighted by atomic mass is 16.3. The topological polar surface area (TPSA) is 62.6 Å². The first-order valence-electron chi connectivity index (χ1n) is 7.30. The molecule has 3 rings (SSSR count). The number of amides is 2. The number of nitrogens with zero attached hydrogens (tertiary/aromatic N) is 1. The average molecular weight is 298 g/mol. The number of carbonyl (C=O) groups excluding carboxylic acids is 2. The third kappa shape index (κ3) is 3.03. The zero-order valence-electron chi connectivity index (χ0n) is 12.4. The van der Waals surface area contributed by atoms with Crippen molar-refractivity contribution in [2.24, 2.45) is 5.92 Å². The maximum absolute atomic E-state index is 12.2. The summed E-state index contributed by atoms with van der Waals surface area (Å²) in [6, 6.07) is 11.3. The number of hydrogen-bond donors (Lipinski definition) is 1. The summed E-state index contributed by atoms with van der Waals surface area (Å²) in [5.41, 5.74) is 1.95. The molecule has 1 fully saturated rings. The van der Waals surface area contributed by atoms with Crippen LogP contribution in [0.15, 0.2) is 47.1 Å². The van der Waals surface area contributed by atoms with Crippen molar-refractivity contribution < 1.29 is 14.0 Å². The maximum atomic E-state index is 12.2. The lowest BCUT2D eigenvalue weighted by Gasteiger charge is -2.17. The Labute approximate surface area is 128 Å². The summed E-state index contributed by atoms with van der Waals surface area (Å²) in [6.07, 6.45) is 1.82. The van der Waals surface area contributed by atoms with Crippen LogP contribution < -0.4 is 10.2 Å². The summed E-state index contributed by atoms with van der Waals surface area (Å²) >= 11 is 0. The van der Waals surface area contributed by atoms with Gasteiger partial charge in [-0.25, -0.2) is 0 Å². The highest BCUT2D eigenvalue weighted by Crippen LogP contribution is 2.25. The Morgan fingerprint density at radius 1 is 1.36 bits per heavy atom. The maximum Gasteiger partial charge on any atom is 0.227 e. The van der Waals surface area contributed by atoms with Crippen molar-refractivity contribution in [2.45, 2.75) is 19.9 Å². The first-order valence-corrected chi connectivity index (χ1v) is 7.30. The van der Waals surface area contributed by atoms with Crippen molar-refractivity contribution in [1.82, 2.24) is 5.32 Å². The summed E-state index contributed by atoms with van der Waals surface area (Å²) < 4.78 is 5.18. The normalized spacial score (nSPS) is 17.8. The molecule has 1 N–H and O–H groups in total. The molecule has 1 aliphatic rings. The number of carbonyl (C=O) groups is 2. The Bertz CT molecular complexity index is 679. The Kier molecular flexibility index (Phi) is 3.96. The first kappa shape index (κ1) is 14.4. The molecule has 0 bridgehead atoms. The molecular weight excluding hydrogens is 280 g/mol. The fourth-order valence-corrected chi connectivity index (χ4v) is 2.66. The van der Waals surface area contributed by atoms with Gasteiger partial charge < -0.3 is 14.6 Å². The molecular formula is C17H18N2O3. The predicted molar refractivity (Wildman–Crippen MR) is 82.2 cm³/mol. The molecule has 1 atom stereocenters. The SMILES string of the molecule is Cc1cccc(N2C[C@@H](C(=O)NCc3ccco3)CC2=O)c1. The minimum atomic E-state index is -0.317. The molecule has 1 aromatic heterocycles. The molecule has 0 saturated carbocycles. The molecule has 0 radical (unpaired) electrons. The number of hydrogen-bond acceptors (Lipinski definition) is 3. The highest BCUT2D eigenvalue weighted by Gasteiger charge is 2.35. The zero-order valence-corrected chi connectivity index (χ0v) is 12.4. The van der Waals surface area contributed by atoms with Crippen molar-refractivity contribution in [1.29, 1.82) is 0 Å². The van der Waals surface area contributed by atoms with Crippen molar-refractivity contribution in [3.05, 3.63) is 54.0 Å². The van der Waals surface area contributed by atoms with Crippen LogP contribution in [0.5, 0.6) is 0 Å². The van der Waals surface area contributed by atoms with Gasteiger partial charge in [0, 0.05) is 18.7 Å². The lowest BCUT2D eigenvalue weighted by molar-refractivity contribution is -0.126. The zero-order chi connectivity index (χ0) is 15.5. The fraction of sp³-hybridized carbons (Fsp3) is 0.294. The van der Waals surface area contributed by atoms with E-state index in [2.05, 4.69) is 5.32 Å². The Balaban J connectivity index is 1.62. The van der Waals surface area contributed by atoms with Gasteiger partial charge in [0.1, 0.15) is 5.76 Å². The van der Waals surface area contributed by atoms with Crippen LogP contribution in [0.4, 0.5) is 5.69 Å². The van der Waals surface area contributed by atoms with Crippen LogP contribution in [0.1, 0.15) is 17.7 Å². The van der Waals surface area contributed by atoms with E-state index in [1.165, 1.54) is 0 Å². The van der Waals surface area contributed by atoms with E-state index in [0.29, 0.717) is 18.8 Å². The van der Waals surface area contributed by atoms with Gasteiger partial charge in [-0.2, -0.15) is 0 Å². The summed E-state index contributed by atoms with van der Waals surface area (Å²) in [4.78, 5) is 26.0. The molecule has 5 nitrogen and oxygen atoms in total. The second-order valence-corrected chi connectivity index (χ2v) is 5.54. The highest BCUT2D eigenvalue weighted by molar-refractivity contribution is 6.00. The van der Waals surface area contributed by atoms with Crippen molar-refractivity contribution in [2.75, 3.05) is 11.4 Å². The molecule has 1 aromatic carbocycles. The molecule has 22 heavy (non-hydrogen) atoms.